The quantitative estimate of drug-likeness (QED) is 0.465. The van der Waals surface area contributed by atoms with E-state index in [9.17, 15) is 19.7 Å². The third-order valence-electron chi connectivity index (χ3n) is 2.28. The summed E-state index contributed by atoms with van der Waals surface area (Å²) < 4.78 is 5.25. The third kappa shape index (κ3) is 2.44. The highest BCUT2D eigenvalue weighted by atomic mass is 16.6. The van der Waals surface area contributed by atoms with E-state index in [1.165, 1.54) is 0 Å². The van der Waals surface area contributed by atoms with Crippen LogP contribution >= 0.6 is 0 Å². The summed E-state index contributed by atoms with van der Waals surface area (Å²) >= 11 is 0. The lowest BCUT2D eigenvalue weighted by Gasteiger charge is -2.04. The zero-order valence-corrected chi connectivity index (χ0v) is 9.69. The molecule has 0 radical (unpaired) electrons. The Labute approximate surface area is 101 Å². The van der Waals surface area contributed by atoms with Crippen LogP contribution < -0.4 is 0 Å². The van der Waals surface area contributed by atoms with E-state index < -0.39 is 28.7 Å². The van der Waals surface area contributed by atoms with Gasteiger partial charge in [0.25, 0.3) is 0 Å². The number of hydrogen-bond acceptors (Lipinski definition) is 6. The second-order valence-electron chi connectivity index (χ2n) is 3.36. The normalized spacial score (nSPS) is 11.9. The first-order chi connectivity index (χ1) is 8.42. The van der Waals surface area contributed by atoms with Crippen LogP contribution in [-0.4, -0.2) is 38.9 Å². The minimum absolute atomic E-state index is 0.175. The molecule has 18 heavy (non-hydrogen) atoms. The molecular formula is C9H11N3O6. The number of methoxy groups -OCH3 is 1. The second kappa shape index (κ2) is 5.25. The van der Waals surface area contributed by atoms with Gasteiger partial charge in [0, 0.05) is 0 Å². The Morgan fingerprint density at radius 1 is 1.67 bits per heavy atom. The van der Waals surface area contributed by atoms with Crippen LogP contribution in [0, 0.1) is 10.1 Å². The van der Waals surface area contributed by atoms with Gasteiger partial charge in [-0.25, -0.2) is 9.59 Å². The van der Waals surface area contributed by atoms with Gasteiger partial charge in [0.1, 0.15) is 0 Å². The third-order valence-corrected chi connectivity index (χ3v) is 2.28. The number of carbonyl (C=O) groups is 2. The molecule has 0 spiro atoms. The van der Waals surface area contributed by atoms with E-state index in [1.807, 2.05) is 0 Å². The van der Waals surface area contributed by atoms with Gasteiger partial charge in [-0.05, 0) is 11.3 Å². The number of aromatic nitrogens is 2. The van der Waals surface area contributed by atoms with Crippen molar-refractivity contribution in [1.82, 2.24) is 9.78 Å². The lowest BCUT2D eigenvalue weighted by Crippen LogP contribution is -2.18. The van der Waals surface area contributed by atoms with E-state index >= 15 is 0 Å². The van der Waals surface area contributed by atoms with Crippen LogP contribution in [0.1, 0.15) is 29.7 Å². The number of esters is 1. The van der Waals surface area contributed by atoms with Crippen LogP contribution in [0.2, 0.25) is 0 Å². The Morgan fingerprint density at radius 2 is 2.28 bits per heavy atom. The Balaban J connectivity index is 3.29. The van der Waals surface area contributed by atoms with Crippen molar-refractivity contribution < 1.29 is 24.4 Å². The molecule has 1 aromatic rings. The van der Waals surface area contributed by atoms with Crippen molar-refractivity contribution in [3.05, 3.63) is 21.9 Å². The monoisotopic (exact) mass is 257 g/mol. The van der Waals surface area contributed by atoms with Crippen LogP contribution in [-0.2, 0) is 9.53 Å². The van der Waals surface area contributed by atoms with E-state index in [-0.39, 0.29) is 12.0 Å². The highest BCUT2D eigenvalue weighted by molar-refractivity contribution is 5.92. The smallest absolute Gasteiger partial charge is 0.404 e. The first-order valence-electron chi connectivity index (χ1n) is 4.97. The summed E-state index contributed by atoms with van der Waals surface area (Å²) in [6.45, 7) is 1.59. The van der Waals surface area contributed by atoms with Gasteiger partial charge in [0.2, 0.25) is 0 Å². The standard InChI is InChI=1S/C9H11N3O6/c1-3-6(8(13)14)11-4-5(9(15)18-2)7(10-11)12(16)17/h4,6H,3H2,1-2H3,(H,13,14)/t6-/m0/s1. The first-order valence-corrected chi connectivity index (χ1v) is 4.97. The summed E-state index contributed by atoms with van der Waals surface area (Å²) in [4.78, 5) is 32.1. The van der Waals surface area contributed by atoms with Crippen molar-refractivity contribution in [2.45, 2.75) is 19.4 Å². The number of carboxylic acid groups (broad SMARTS) is 1. The fraction of sp³-hybridized carbons (Fsp3) is 0.444. The molecule has 9 heteroatoms. The summed E-state index contributed by atoms with van der Waals surface area (Å²) in [6, 6.07) is -1.07. The summed E-state index contributed by atoms with van der Waals surface area (Å²) in [5, 5.41) is 23.1. The van der Waals surface area contributed by atoms with E-state index in [0.29, 0.717) is 0 Å². The molecule has 0 amide bonds. The van der Waals surface area contributed by atoms with Crippen molar-refractivity contribution in [3.63, 3.8) is 0 Å². The molecule has 0 aliphatic heterocycles. The molecule has 0 fully saturated rings. The van der Waals surface area contributed by atoms with Gasteiger partial charge in [0.15, 0.2) is 11.6 Å². The van der Waals surface area contributed by atoms with Crippen molar-refractivity contribution in [2.24, 2.45) is 0 Å². The minimum atomic E-state index is -1.19. The van der Waals surface area contributed by atoms with Gasteiger partial charge < -0.3 is 20.0 Å². The predicted molar refractivity (Wildman–Crippen MR) is 57.2 cm³/mol. The van der Waals surface area contributed by atoms with Crippen LogP contribution in [0.25, 0.3) is 0 Å². The van der Waals surface area contributed by atoms with Gasteiger partial charge in [-0.3, -0.25) is 0 Å². The molecule has 1 heterocycles. The summed E-state index contributed by atoms with van der Waals surface area (Å²) in [5.74, 6) is -2.85. The molecular weight excluding hydrogens is 246 g/mol. The van der Waals surface area contributed by atoms with E-state index in [0.717, 1.165) is 18.0 Å². The van der Waals surface area contributed by atoms with Crippen molar-refractivity contribution in [2.75, 3.05) is 7.11 Å². The molecule has 0 saturated heterocycles. The van der Waals surface area contributed by atoms with Crippen LogP contribution in [0.15, 0.2) is 6.20 Å². The fourth-order valence-corrected chi connectivity index (χ4v) is 1.41. The largest absolute Gasteiger partial charge is 0.480 e. The number of carboxylic acids is 1. The van der Waals surface area contributed by atoms with E-state index in [1.54, 1.807) is 6.92 Å². The minimum Gasteiger partial charge on any atom is -0.480 e. The van der Waals surface area contributed by atoms with Crippen LogP contribution in [0.3, 0.4) is 0 Å². The van der Waals surface area contributed by atoms with Gasteiger partial charge in [-0.15, -0.1) is 0 Å². The predicted octanol–water partition coefficient (Wildman–Crippen LogP) is 0.614. The summed E-state index contributed by atoms with van der Waals surface area (Å²) in [5.41, 5.74) is -0.373. The van der Waals surface area contributed by atoms with Gasteiger partial charge in [-0.2, -0.15) is 4.68 Å². The molecule has 1 atom stereocenters. The number of nitro groups is 1. The number of hydrogen-bond donors (Lipinski definition) is 1. The maximum atomic E-state index is 11.3. The molecule has 1 rings (SSSR count). The average molecular weight is 257 g/mol. The molecule has 0 unspecified atom stereocenters. The van der Waals surface area contributed by atoms with E-state index in [4.69, 9.17) is 5.11 Å². The topological polar surface area (TPSA) is 125 Å². The van der Waals surface area contributed by atoms with Gasteiger partial charge in [0.05, 0.1) is 18.4 Å². The SMILES string of the molecule is CC[C@@H](C(=O)O)n1cc(C(=O)OC)c([N+](=O)[O-])n1. The zero-order chi connectivity index (χ0) is 13.9. The first kappa shape index (κ1) is 13.6. The Hall–Kier alpha value is -2.45. The summed E-state index contributed by atoms with van der Waals surface area (Å²) in [7, 11) is 1.07. The molecule has 1 N–H and O–H groups in total. The molecule has 0 saturated carbocycles. The number of carbonyl (C=O) groups excluding carboxylic acids is 1. The molecule has 9 nitrogen and oxygen atoms in total. The molecule has 98 valence electrons. The molecule has 0 bridgehead atoms. The van der Waals surface area contributed by atoms with Gasteiger partial charge in [-0.1, -0.05) is 6.92 Å². The Morgan fingerprint density at radius 3 is 2.67 bits per heavy atom. The van der Waals surface area contributed by atoms with Crippen LogP contribution in [0.5, 0.6) is 0 Å². The molecule has 1 aromatic heterocycles. The second-order valence-corrected chi connectivity index (χ2v) is 3.36. The number of aliphatic carboxylic acids is 1. The van der Waals surface area contributed by atoms with Gasteiger partial charge >= 0.3 is 17.8 Å². The van der Waals surface area contributed by atoms with Crippen molar-refractivity contribution in [3.8, 4) is 0 Å². The fourth-order valence-electron chi connectivity index (χ4n) is 1.41. The maximum absolute atomic E-state index is 11.3. The van der Waals surface area contributed by atoms with Crippen LogP contribution in [0.4, 0.5) is 5.82 Å². The highest BCUT2D eigenvalue weighted by Crippen LogP contribution is 2.21. The van der Waals surface area contributed by atoms with Crippen molar-refractivity contribution >= 4 is 17.8 Å². The van der Waals surface area contributed by atoms with Crippen molar-refractivity contribution in [1.29, 1.82) is 0 Å². The Bertz CT molecular complexity index is 494. The number of ether oxygens (including phenoxy) is 1. The average Bonchev–Trinajstić information content (AvgIpc) is 2.73. The number of rotatable bonds is 5. The molecule has 0 aromatic carbocycles. The number of nitrogens with zero attached hydrogens (tertiary/aromatic N) is 3. The maximum Gasteiger partial charge on any atom is 0.404 e. The lowest BCUT2D eigenvalue weighted by atomic mass is 10.2. The lowest BCUT2D eigenvalue weighted by molar-refractivity contribution is -0.390. The zero-order valence-electron chi connectivity index (χ0n) is 9.69. The molecule has 0 aliphatic carbocycles. The Kier molecular flexibility index (Phi) is 3.97. The van der Waals surface area contributed by atoms with E-state index in [2.05, 4.69) is 9.84 Å². The summed E-state index contributed by atoms with van der Waals surface area (Å²) in [6.07, 6.45) is 1.18. The molecule has 0 aliphatic rings. The highest BCUT2D eigenvalue weighted by Gasteiger charge is 2.31.